The van der Waals surface area contributed by atoms with Crippen LogP contribution in [0.25, 0.3) is 0 Å². The van der Waals surface area contributed by atoms with Gasteiger partial charge in [0.05, 0.1) is 0 Å². The normalized spacial score (nSPS) is 12.2. The molecule has 2 N–H and O–H groups in total. The zero-order chi connectivity index (χ0) is 15.6. The number of nitrogens with zero attached hydrogens (tertiary/aromatic N) is 1. The van der Waals surface area contributed by atoms with Gasteiger partial charge in [-0.1, -0.05) is 32.4 Å². The third-order valence-electron chi connectivity index (χ3n) is 2.10. The summed E-state index contributed by atoms with van der Waals surface area (Å²) in [6.07, 6.45) is 1.02. The molecule has 0 saturated heterocycles. The summed E-state index contributed by atoms with van der Waals surface area (Å²) in [7, 11) is -4.09. The lowest BCUT2D eigenvalue weighted by molar-refractivity contribution is -0.123. The molecule has 6 nitrogen and oxygen atoms in total. The molecule has 0 saturated carbocycles. The third kappa shape index (κ3) is 5.03. The predicted molar refractivity (Wildman–Crippen MR) is 71.7 cm³/mol. The van der Waals surface area contributed by atoms with E-state index in [2.05, 4.69) is 10.4 Å². The molecule has 112 valence electrons. The molecule has 0 aliphatic carbocycles. The van der Waals surface area contributed by atoms with E-state index in [1.54, 1.807) is 0 Å². The van der Waals surface area contributed by atoms with Gasteiger partial charge < -0.3 is 0 Å². The Morgan fingerprint density at radius 2 is 2.05 bits per heavy atom. The van der Waals surface area contributed by atoms with Crippen LogP contribution in [-0.4, -0.2) is 19.3 Å². The van der Waals surface area contributed by atoms with Gasteiger partial charge in [0.1, 0.15) is 4.90 Å². The molecule has 1 aromatic heterocycles. The molecule has 0 unspecified atom stereocenters. The van der Waals surface area contributed by atoms with Crippen LogP contribution >= 0.6 is 11.6 Å². The van der Waals surface area contributed by atoms with Crippen molar-refractivity contribution in [3.05, 3.63) is 23.2 Å². The minimum atomic E-state index is -4.09. The summed E-state index contributed by atoms with van der Waals surface area (Å²) in [6.45, 7) is 5.50. The van der Waals surface area contributed by atoms with Crippen molar-refractivity contribution >= 4 is 27.5 Å². The fraction of sp³-hybridized carbons (Fsp3) is 0.455. The maximum absolute atomic E-state index is 13.2. The van der Waals surface area contributed by atoms with Crippen LogP contribution in [0.5, 0.6) is 0 Å². The van der Waals surface area contributed by atoms with Gasteiger partial charge in [0.2, 0.25) is 5.91 Å². The topological polar surface area (TPSA) is 88.2 Å². The molecule has 0 radical (unpaired) electrons. The maximum Gasteiger partial charge on any atom is 0.259 e. The van der Waals surface area contributed by atoms with Crippen LogP contribution in [0.2, 0.25) is 5.15 Å². The Morgan fingerprint density at radius 1 is 1.45 bits per heavy atom. The minimum absolute atomic E-state index is 0.128. The van der Waals surface area contributed by atoms with Gasteiger partial charge in [0, 0.05) is 12.6 Å². The Labute approximate surface area is 121 Å². The van der Waals surface area contributed by atoms with Crippen LogP contribution in [0.1, 0.15) is 27.2 Å². The van der Waals surface area contributed by atoms with Crippen LogP contribution in [-0.2, 0) is 14.8 Å². The number of rotatable bonds is 4. The number of nitrogens with one attached hydrogen (secondary N) is 2. The second-order valence-corrected chi connectivity index (χ2v) is 7.38. The third-order valence-corrected chi connectivity index (χ3v) is 3.59. The minimum Gasteiger partial charge on any atom is -0.278 e. The number of carbonyl (C=O) groups excluding carboxylic acids is 1. The second kappa shape index (κ2) is 6.02. The van der Waals surface area contributed by atoms with Crippen molar-refractivity contribution in [1.29, 1.82) is 0 Å². The van der Waals surface area contributed by atoms with Gasteiger partial charge in [-0.3, -0.25) is 10.2 Å². The van der Waals surface area contributed by atoms with Gasteiger partial charge in [-0.15, -0.1) is 4.83 Å². The average molecular weight is 324 g/mol. The number of carbonyl (C=O) groups is 1. The highest BCUT2D eigenvalue weighted by molar-refractivity contribution is 7.89. The second-order valence-electron chi connectivity index (χ2n) is 5.33. The van der Waals surface area contributed by atoms with E-state index in [-0.39, 0.29) is 11.8 Å². The molecule has 0 aliphatic rings. The van der Waals surface area contributed by atoms with Gasteiger partial charge in [-0.2, -0.15) is 0 Å². The summed E-state index contributed by atoms with van der Waals surface area (Å²) in [4.78, 5) is 16.3. The zero-order valence-corrected chi connectivity index (χ0v) is 12.8. The van der Waals surface area contributed by atoms with Gasteiger partial charge in [0.15, 0.2) is 11.0 Å². The molecule has 0 fully saturated rings. The Bertz CT molecular complexity index is 614. The zero-order valence-electron chi connectivity index (χ0n) is 11.2. The Kier molecular flexibility index (Phi) is 5.06. The number of hydrogen-bond acceptors (Lipinski definition) is 4. The summed E-state index contributed by atoms with van der Waals surface area (Å²) in [6, 6.07) is 0.716. The molecule has 0 atom stereocenters. The van der Waals surface area contributed by atoms with Crippen molar-refractivity contribution in [1.82, 2.24) is 15.2 Å². The lowest BCUT2D eigenvalue weighted by atomic mass is 9.92. The summed E-state index contributed by atoms with van der Waals surface area (Å²) in [5, 5.41) is -0.430. The molecule has 1 aromatic rings. The average Bonchev–Trinajstić information content (AvgIpc) is 2.28. The number of aromatic nitrogens is 1. The fourth-order valence-electron chi connectivity index (χ4n) is 1.26. The molecule has 0 bridgehead atoms. The fourth-order valence-corrected chi connectivity index (χ4v) is 2.18. The number of sulfonamides is 1. The molecule has 1 rings (SSSR count). The molecule has 0 spiro atoms. The highest BCUT2D eigenvalue weighted by Crippen LogP contribution is 2.18. The van der Waals surface area contributed by atoms with Crippen molar-refractivity contribution in [2.24, 2.45) is 5.41 Å². The van der Waals surface area contributed by atoms with E-state index in [0.717, 1.165) is 6.20 Å². The van der Waals surface area contributed by atoms with Crippen LogP contribution in [0.3, 0.4) is 0 Å². The SMILES string of the molecule is CC(C)(C)CC(=O)NNS(=O)(=O)c1cnc(Cl)c(F)c1. The summed E-state index contributed by atoms with van der Waals surface area (Å²) >= 11 is 5.36. The van der Waals surface area contributed by atoms with Crippen molar-refractivity contribution in [2.75, 3.05) is 0 Å². The quantitative estimate of drug-likeness (QED) is 0.651. The largest absolute Gasteiger partial charge is 0.278 e. The van der Waals surface area contributed by atoms with E-state index >= 15 is 0 Å². The monoisotopic (exact) mass is 323 g/mol. The number of hydrazine groups is 1. The number of pyridine rings is 1. The summed E-state index contributed by atoms with van der Waals surface area (Å²) < 4.78 is 36.7. The van der Waals surface area contributed by atoms with Crippen LogP contribution < -0.4 is 10.3 Å². The van der Waals surface area contributed by atoms with E-state index in [0.29, 0.717) is 6.07 Å². The first kappa shape index (κ1) is 16.8. The smallest absolute Gasteiger partial charge is 0.259 e. The summed E-state index contributed by atoms with van der Waals surface area (Å²) in [5.74, 6) is -1.46. The van der Waals surface area contributed by atoms with Crippen LogP contribution in [0.15, 0.2) is 17.2 Å². The Balaban J connectivity index is 2.76. The van der Waals surface area contributed by atoms with Gasteiger partial charge >= 0.3 is 0 Å². The Hall–Kier alpha value is -1.25. The molecule has 9 heteroatoms. The molecule has 1 amide bonds. The predicted octanol–water partition coefficient (Wildman–Crippen LogP) is 1.62. The molecular weight excluding hydrogens is 309 g/mol. The van der Waals surface area contributed by atoms with Crippen molar-refractivity contribution in [3.8, 4) is 0 Å². The number of hydrogen-bond donors (Lipinski definition) is 2. The summed E-state index contributed by atoms with van der Waals surface area (Å²) in [5.41, 5.74) is 1.76. The van der Waals surface area contributed by atoms with Gasteiger partial charge in [-0.25, -0.2) is 17.8 Å². The van der Waals surface area contributed by atoms with Crippen LogP contribution in [0, 0.1) is 11.2 Å². The standard InChI is InChI=1S/C11H15ClFN3O3S/c1-11(2,3)5-9(17)15-16-20(18,19)7-4-8(13)10(12)14-6-7/h4,6,16H,5H2,1-3H3,(H,15,17). The highest BCUT2D eigenvalue weighted by Gasteiger charge is 2.20. The van der Waals surface area contributed by atoms with E-state index in [1.165, 1.54) is 0 Å². The molecule has 0 aromatic carbocycles. The highest BCUT2D eigenvalue weighted by atomic mass is 35.5. The lowest BCUT2D eigenvalue weighted by Gasteiger charge is -2.17. The first-order chi connectivity index (χ1) is 9.01. The molecular formula is C11H15ClFN3O3S. The first-order valence-corrected chi connectivity index (χ1v) is 7.49. The number of amides is 1. The lowest BCUT2D eigenvalue weighted by Crippen LogP contribution is -2.42. The number of halogens is 2. The van der Waals surface area contributed by atoms with Gasteiger partial charge in [-0.05, 0) is 11.5 Å². The van der Waals surface area contributed by atoms with E-state index < -0.39 is 31.8 Å². The van der Waals surface area contributed by atoms with E-state index in [9.17, 15) is 17.6 Å². The van der Waals surface area contributed by atoms with E-state index in [4.69, 9.17) is 11.6 Å². The molecule has 0 aliphatic heterocycles. The van der Waals surface area contributed by atoms with Crippen molar-refractivity contribution < 1.29 is 17.6 Å². The first-order valence-electron chi connectivity index (χ1n) is 5.63. The van der Waals surface area contributed by atoms with Crippen molar-refractivity contribution in [3.63, 3.8) is 0 Å². The van der Waals surface area contributed by atoms with Crippen molar-refractivity contribution in [2.45, 2.75) is 32.1 Å². The molecule has 1 heterocycles. The van der Waals surface area contributed by atoms with E-state index in [1.807, 2.05) is 25.6 Å². The van der Waals surface area contributed by atoms with Gasteiger partial charge in [0.25, 0.3) is 10.0 Å². The Morgan fingerprint density at radius 3 is 2.55 bits per heavy atom. The molecule has 20 heavy (non-hydrogen) atoms. The van der Waals surface area contributed by atoms with Crippen LogP contribution in [0.4, 0.5) is 4.39 Å². The maximum atomic E-state index is 13.2.